The lowest BCUT2D eigenvalue weighted by Crippen LogP contribution is -2.35. The number of nitrogens with zero attached hydrogens (tertiary/aromatic N) is 1. The van der Waals surface area contributed by atoms with E-state index < -0.39 is 0 Å². The summed E-state index contributed by atoms with van der Waals surface area (Å²) in [5.41, 5.74) is 1.30. The Morgan fingerprint density at radius 1 is 1.40 bits per heavy atom. The molecule has 0 atom stereocenters. The average Bonchev–Trinajstić information content (AvgIpc) is 2.31. The molecular weight excluding hydrogens is 186 g/mol. The Morgan fingerprint density at radius 2 is 2.20 bits per heavy atom. The van der Waals surface area contributed by atoms with Crippen LogP contribution in [0, 0.1) is 0 Å². The molecule has 1 saturated heterocycles. The summed E-state index contributed by atoms with van der Waals surface area (Å²) in [6.45, 7) is 4.38. The third kappa shape index (κ3) is 2.93. The molecule has 3 heteroatoms. The highest BCUT2D eigenvalue weighted by Crippen LogP contribution is 2.11. The van der Waals surface area contributed by atoms with Gasteiger partial charge in [-0.1, -0.05) is 13.0 Å². The van der Waals surface area contributed by atoms with Crippen LogP contribution in [0.1, 0.15) is 25.3 Å². The summed E-state index contributed by atoms with van der Waals surface area (Å²) in [5.74, 6) is 1.01. The molecule has 1 aromatic rings. The number of hydrogen-bond donors (Lipinski definition) is 2. The van der Waals surface area contributed by atoms with Gasteiger partial charge in [-0.2, -0.15) is 0 Å². The third-order valence-electron chi connectivity index (χ3n) is 2.92. The minimum atomic E-state index is 0.589. The molecule has 0 unspecified atom stereocenters. The van der Waals surface area contributed by atoms with E-state index in [-0.39, 0.29) is 0 Å². The standard InChI is InChI=1S/C12H19N3/c1-2-10-3-4-12(14-9-10)15-11-5-7-13-8-6-11/h3-4,9,11,13H,2,5-8H2,1H3,(H,14,15). The van der Waals surface area contributed by atoms with Crippen molar-refractivity contribution in [2.24, 2.45) is 0 Å². The molecule has 1 aliphatic rings. The Hall–Kier alpha value is -1.09. The summed E-state index contributed by atoms with van der Waals surface area (Å²) in [4.78, 5) is 4.41. The van der Waals surface area contributed by atoms with E-state index in [1.54, 1.807) is 0 Å². The van der Waals surface area contributed by atoms with Crippen LogP contribution >= 0.6 is 0 Å². The Bertz CT molecular complexity index is 288. The number of nitrogens with one attached hydrogen (secondary N) is 2. The smallest absolute Gasteiger partial charge is 0.126 e. The zero-order chi connectivity index (χ0) is 10.5. The molecule has 0 aliphatic carbocycles. The minimum Gasteiger partial charge on any atom is -0.367 e. The van der Waals surface area contributed by atoms with Crippen LogP contribution in [0.5, 0.6) is 0 Å². The largest absolute Gasteiger partial charge is 0.367 e. The van der Waals surface area contributed by atoms with Crippen LogP contribution in [0.4, 0.5) is 5.82 Å². The number of rotatable bonds is 3. The Morgan fingerprint density at radius 3 is 2.80 bits per heavy atom. The average molecular weight is 205 g/mol. The molecule has 15 heavy (non-hydrogen) atoms. The quantitative estimate of drug-likeness (QED) is 0.790. The summed E-state index contributed by atoms with van der Waals surface area (Å²) >= 11 is 0. The van der Waals surface area contributed by atoms with Crippen molar-refractivity contribution in [1.29, 1.82) is 0 Å². The normalized spacial score (nSPS) is 17.7. The lowest BCUT2D eigenvalue weighted by Gasteiger charge is -2.24. The molecule has 0 radical (unpaired) electrons. The number of piperidine rings is 1. The maximum atomic E-state index is 4.41. The topological polar surface area (TPSA) is 37.0 Å². The van der Waals surface area contributed by atoms with Crippen LogP contribution in [-0.4, -0.2) is 24.1 Å². The number of hydrogen-bond acceptors (Lipinski definition) is 3. The van der Waals surface area contributed by atoms with E-state index in [9.17, 15) is 0 Å². The molecule has 0 spiro atoms. The fraction of sp³-hybridized carbons (Fsp3) is 0.583. The summed E-state index contributed by atoms with van der Waals surface area (Å²) in [6, 6.07) is 4.82. The second kappa shape index (κ2) is 5.12. The van der Waals surface area contributed by atoms with Gasteiger partial charge in [0, 0.05) is 12.2 Å². The van der Waals surface area contributed by atoms with Gasteiger partial charge >= 0.3 is 0 Å². The highest BCUT2D eigenvalue weighted by Gasteiger charge is 2.12. The van der Waals surface area contributed by atoms with Crippen molar-refractivity contribution in [1.82, 2.24) is 10.3 Å². The van der Waals surface area contributed by atoms with Gasteiger partial charge in [0.2, 0.25) is 0 Å². The molecule has 0 bridgehead atoms. The van der Waals surface area contributed by atoms with E-state index in [2.05, 4.69) is 34.7 Å². The third-order valence-corrected chi connectivity index (χ3v) is 2.92. The Labute approximate surface area is 91.3 Å². The summed E-state index contributed by atoms with van der Waals surface area (Å²) in [5, 5.41) is 6.84. The van der Waals surface area contributed by atoms with Gasteiger partial charge in [-0.25, -0.2) is 4.98 Å². The molecule has 1 aliphatic heterocycles. The second-order valence-electron chi connectivity index (χ2n) is 4.07. The van der Waals surface area contributed by atoms with Crippen molar-refractivity contribution in [2.75, 3.05) is 18.4 Å². The van der Waals surface area contributed by atoms with E-state index in [1.807, 2.05) is 6.20 Å². The molecular formula is C12H19N3. The molecule has 82 valence electrons. The molecule has 2 N–H and O–H groups in total. The maximum Gasteiger partial charge on any atom is 0.126 e. The van der Waals surface area contributed by atoms with Gasteiger partial charge in [0.25, 0.3) is 0 Å². The molecule has 3 nitrogen and oxygen atoms in total. The minimum absolute atomic E-state index is 0.589. The summed E-state index contributed by atoms with van der Waals surface area (Å²) < 4.78 is 0. The molecule has 1 aromatic heterocycles. The van der Waals surface area contributed by atoms with Crippen LogP contribution in [0.3, 0.4) is 0 Å². The first-order valence-electron chi connectivity index (χ1n) is 5.80. The van der Waals surface area contributed by atoms with E-state index in [0.29, 0.717) is 6.04 Å². The predicted molar refractivity (Wildman–Crippen MR) is 63.1 cm³/mol. The highest BCUT2D eigenvalue weighted by atomic mass is 15.0. The van der Waals surface area contributed by atoms with Crippen LogP contribution in [0.15, 0.2) is 18.3 Å². The van der Waals surface area contributed by atoms with Gasteiger partial charge in [-0.3, -0.25) is 0 Å². The molecule has 1 fully saturated rings. The number of anilines is 1. The predicted octanol–water partition coefficient (Wildman–Crippen LogP) is 1.81. The number of pyridine rings is 1. The van der Waals surface area contributed by atoms with Gasteiger partial charge in [0.1, 0.15) is 5.82 Å². The first-order valence-corrected chi connectivity index (χ1v) is 5.80. The van der Waals surface area contributed by atoms with Crippen LogP contribution in [0.2, 0.25) is 0 Å². The first-order chi connectivity index (χ1) is 7.38. The van der Waals surface area contributed by atoms with E-state index in [1.165, 1.54) is 18.4 Å². The van der Waals surface area contributed by atoms with Crippen molar-refractivity contribution < 1.29 is 0 Å². The maximum absolute atomic E-state index is 4.41. The first kappa shape index (κ1) is 10.4. The zero-order valence-electron chi connectivity index (χ0n) is 9.29. The monoisotopic (exact) mass is 205 g/mol. The fourth-order valence-electron chi connectivity index (χ4n) is 1.89. The number of aromatic nitrogens is 1. The summed E-state index contributed by atoms with van der Waals surface area (Å²) in [7, 11) is 0. The Kier molecular flexibility index (Phi) is 3.56. The lowest BCUT2D eigenvalue weighted by atomic mass is 10.1. The number of aryl methyl sites for hydroxylation is 1. The van der Waals surface area contributed by atoms with Gasteiger partial charge < -0.3 is 10.6 Å². The fourth-order valence-corrected chi connectivity index (χ4v) is 1.89. The molecule has 2 rings (SSSR count). The SMILES string of the molecule is CCc1ccc(NC2CCNCC2)nc1. The van der Waals surface area contributed by atoms with Crippen LogP contribution in [0.25, 0.3) is 0 Å². The highest BCUT2D eigenvalue weighted by molar-refractivity contribution is 5.36. The van der Waals surface area contributed by atoms with Crippen molar-refractivity contribution in [3.63, 3.8) is 0 Å². The Balaban J connectivity index is 1.91. The van der Waals surface area contributed by atoms with Crippen LogP contribution in [-0.2, 0) is 6.42 Å². The molecule has 0 aromatic carbocycles. The van der Waals surface area contributed by atoms with E-state index >= 15 is 0 Å². The molecule has 0 amide bonds. The van der Waals surface area contributed by atoms with E-state index in [0.717, 1.165) is 25.3 Å². The van der Waals surface area contributed by atoms with Crippen molar-refractivity contribution in [3.05, 3.63) is 23.9 Å². The van der Waals surface area contributed by atoms with Crippen molar-refractivity contribution in [3.8, 4) is 0 Å². The molecule has 2 heterocycles. The lowest BCUT2D eigenvalue weighted by molar-refractivity contribution is 0.478. The van der Waals surface area contributed by atoms with Gasteiger partial charge in [-0.05, 0) is 44.0 Å². The molecule has 0 saturated carbocycles. The van der Waals surface area contributed by atoms with Crippen molar-refractivity contribution >= 4 is 5.82 Å². The van der Waals surface area contributed by atoms with Gasteiger partial charge in [0.05, 0.1) is 0 Å². The summed E-state index contributed by atoms with van der Waals surface area (Å²) in [6.07, 6.45) is 5.40. The van der Waals surface area contributed by atoms with Crippen LogP contribution < -0.4 is 10.6 Å². The van der Waals surface area contributed by atoms with Gasteiger partial charge in [0.15, 0.2) is 0 Å². The zero-order valence-corrected chi connectivity index (χ0v) is 9.29. The second-order valence-corrected chi connectivity index (χ2v) is 4.07. The van der Waals surface area contributed by atoms with Gasteiger partial charge in [-0.15, -0.1) is 0 Å². The van der Waals surface area contributed by atoms with E-state index in [4.69, 9.17) is 0 Å². The van der Waals surface area contributed by atoms with Crippen molar-refractivity contribution in [2.45, 2.75) is 32.2 Å².